The van der Waals surface area contributed by atoms with E-state index in [1.165, 1.54) is 55.4 Å². The van der Waals surface area contributed by atoms with Gasteiger partial charge < -0.3 is 10.1 Å². The van der Waals surface area contributed by atoms with E-state index in [0.29, 0.717) is 6.04 Å². The van der Waals surface area contributed by atoms with Crippen molar-refractivity contribution in [1.82, 2.24) is 5.32 Å². The van der Waals surface area contributed by atoms with Gasteiger partial charge >= 0.3 is 0 Å². The fourth-order valence-corrected chi connectivity index (χ4v) is 3.77. The molecule has 0 bridgehead atoms. The number of para-hydroxylation sites is 1. The second-order valence-corrected chi connectivity index (χ2v) is 5.95. The predicted molar refractivity (Wildman–Crippen MR) is 78.6 cm³/mol. The number of hydrogen-bond donors (Lipinski definition) is 1. The van der Waals surface area contributed by atoms with Crippen molar-refractivity contribution in [1.29, 1.82) is 0 Å². The smallest absolute Gasteiger partial charge is 0.127 e. The van der Waals surface area contributed by atoms with Gasteiger partial charge in [-0.05, 0) is 44.2 Å². The molecule has 1 aromatic carbocycles. The highest BCUT2D eigenvalue weighted by atomic mass is 16.5. The lowest BCUT2D eigenvalue weighted by atomic mass is 9.80. The van der Waals surface area contributed by atoms with Crippen LogP contribution in [0, 0.1) is 5.92 Å². The van der Waals surface area contributed by atoms with Crippen LogP contribution < -0.4 is 10.1 Å². The van der Waals surface area contributed by atoms with E-state index in [4.69, 9.17) is 4.74 Å². The maximum absolute atomic E-state index is 5.99. The van der Waals surface area contributed by atoms with E-state index >= 15 is 0 Å². The van der Waals surface area contributed by atoms with Gasteiger partial charge in [-0.3, -0.25) is 0 Å². The predicted octanol–water partition coefficient (Wildman–Crippen LogP) is 3.85. The second kappa shape index (κ2) is 5.96. The lowest BCUT2D eigenvalue weighted by Gasteiger charge is -2.32. The molecule has 2 aliphatic rings. The quantitative estimate of drug-likeness (QED) is 0.890. The summed E-state index contributed by atoms with van der Waals surface area (Å²) in [5, 5.41) is 3.56. The van der Waals surface area contributed by atoms with E-state index in [1.54, 1.807) is 0 Å². The van der Waals surface area contributed by atoms with Gasteiger partial charge in [0.05, 0.1) is 6.61 Å². The summed E-state index contributed by atoms with van der Waals surface area (Å²) < 4.78 is 5.99. The van der Waals surface area contributed by atoms with E-state index in [1.807, 2.05) is 0 Å². The van der Waals surface area contributed by atoms with Crippen molar-refractivity contribution in [3.05, 3.63) is 29.3 Å². The fraction of sp³-hybridized carbons (Fsp3) is 0.647. The van der Waals surface area contributed by atoms with E-state index in [-0.39, 0.29) is 0 Å². The molecule has 0 radical (unpaired) electrons. The molecule has 1 fully saturated rings. The first kappa shape index (κ1) is 13.0. The van der Waals surface area contributed by atoms with Crippen molar-refractivity contribution in [3.63, 3.8) is 0 Å². The van der Waals surface area contributed by atoms with Crippen molar-refractivity contribution in [2.75, 3.05) is 13.7 Å². The summed E-state index contributed by atoms with van der Waals surface area (Å²) in [6.07, 6.45) is 9.23. The zero-order valence-electron chi connectivity index (χ0n) is 12.0. The van der Waals surface area contributed by atoms with Gasteiger partial charge in [0, 0.05) is 11.6 Å². The zero-order valence-corrected chi connectivity index (χ0v) is 12.0. The second-order valence-electron chi connectivity index (χ2n) is 5.95. The topological polar surface area (TPSA) is 21.3 Å². The number of rotatable bonds is 3. The molecule has 104 valence electrons. The normalized spacial score (nSPS) is 21.5. The van der Waals surface area contributed by atoms with Crippen molar-refractivity contribution in [3.8, 4) is 5.75 Å². The van der Waals surface area contributed by atoms with Crippen LogP contribution in [0.4, 0.5) is 0 Å². The van der Waals surface area contributed by atoms with Crippen molar-refractivity contribution in [2.24, 2.45) is 5.92 Å². The van der Waals surface area contributed by atoms with E-state index in [0.717, 1.165) is 18.9 Å². The van der Waals surface area contributed by atoms with Crippen LogP contribution in [0.1, 0.15) is 55.7 Å². The zero-order chi connectivity index (χ0) is 13.1. The molecule has 1 unspecified atom stereocenters. The highest BCUT2D eigenvalue weighted by molar-refractivity contribution is 5.44. The van der Waals surface area contributed by atoms with Gasteiger partial charge in [-0.25, -0.2) is 0 Å². The Morgan fingerprint density at radius 3 is 2.79 bits per heavy atom. The summed E-state index contributed by atoms with van der Waals surface area (Å²) in [6.45, 7) is 0.880. The first-order valence-corrected chi connectivity index (χ1v) is 7.82. The van der Waals surface area contributed by atoms with E-state index < -0.39 is 0 Å². The third-order valence-electron chi connectivity index (χ3n) is 4.73. The molecule has 1 aromatic rings. The highest BCUT2D eigenvalue weighted by Crippen LogP contribution is 2.40. The van der Waals surface area contributed by atoms with Gasteiger partial charge in [0.2, 0.25) is 0 Å². The minimum atomic E-state index is 0.466. The summed E-state index contributed by atoms with van der Waals surface area (Å²) in [4.78, 5) is 0. The Labute approximate surface area is 116 Å². The molecular weight excluding hydrogens is 234 g/mol. The third kappa shape index (κ3) is 2.64. The molecule has 0 aromatic heterocycles. The molecule has 3 rings (SSSR count). The van der Waals surface area contributed by atoms with Crippen LogP contribution in [0.15, 0.2) is 18.2 Å². The molecular formula is C17H25NO. The van der Waals surface area contributed by atoms with Crippen molar-refractivity contribution < 1.29 is 4.74 Å². The molecule has 0 saturated heterocycles. The Morgan fingerprint density at radius 1 is 1.16 bits per heavy atom. The monoisotopic (exact) mass is 259 g/mol. The van der Waals surface area contributed by atoms with Crippen molar-refractivity contribution >= 4 is 0 Å². The largest absolute Gasteiger partial charge is 0.493 e. The third-order valence-corrected chi connectivity index (χ3v) is 4.73. The summed E-state index contributed by atoms with van der Waals surface area (Å²) in [5.74, 6) is 1.95. The van der Waals surface area contributed by atoms with Crippen LogP contribution in [0.2, 0.25) is 0 Å². The van der Waals surface area contributed by atoms with Gasteiger partial charge in [0.1, 0.15) is 5.75 Å². The Kier molecular flexibility index (Phi) is 4.07. The minimum absolute atomic E-state index is 0.466. The molecule has 2 nitrogen and oxygen atoms in total. The molecule has 1 N–H and O–H groups in total. The SMILES string of the molecule is CNC(c1cccc2c1OCCC2)C1CCCCC1. The van der Waals surface area contributed by atoms with E-state index in [9.17, 15) is 0 Å². The summed E-state index contributed by atoms with van der Waals surface area (Å²) in [6, 6.07) is 7.16. The molecule has 19 heavy (non-hydrogen) atoms. The van der Waals surface area contributed by atoms with Gasteiger partial charge in [0.15, 0.2) is 0 Å². The van der Waals surface area contributed by atoms with Crippen LogP contribution >= 0.6 is 0 Å². The molecule has 1 heterocycles. The molecule has 1 atom stereocenters. The number of nitrogens with one attached hydrogen (secondary N) is 1. The number of aryl methyl sites for hydroxylation is 1. The highest BCUT2D eigenvalue weighted by Gasteiger charge is 2.27. The summed E-state index contributed by atoms with van der Waals surface area (Å²) in [5.41, 5.74) is 2.80. The van der Waals surface area contributed by atoms with Crippen LogP contribution in [-0.2, 0) is 6.42 Å². The Bertz CT molecular complexity index is 423. The molecule has 2 heteroatoms. The van der Waals surface area contributed by atoms with Crippen LogP contribution in [0.5, 0.6) is 5.75 Å². The van der Waals surface area contributed by atoms with Gasteiger partial charge in [-0.15, -0.1) is 0 Å². The van der Waals surface area contributed by atoms with Gasteiger partial charge in [0.25, 0.3) is 0 Å². The van der Waals surface area contributed by atoms with Crippen LogP contribution in [0.3, 0.4) is 0 Å². The molecule has 1 aliphatic heterocycles. The van der Waals surface area contributed by atoms with Gasteiger partial charge in [-0.1, -0.05) is 37.5 Å². The van der Waals surface area contributed by atoms with E-state index in [2.05, 4.69) is 30.6 Å². The Morgan fingerprint density at radius 2 is 2.00 bits per heavy atom. The number of ether oxygens (including phenoxy) is 1. The molecule has 1 aliphatic carbocycles. The lowest BCUT2D eigenvalue weighted by Crippen LogP contribution is -2.28. The Balaban J connectivity index is 1.90. The maximum atomic E-state index is 5.99. The van der Waals surface area contributed by atoms with Crippen LogP contribution in [-0.4, -0.2) is 13.7 Å². The standard InChI is InChI=1S/C17H25NO/c1-18-16(13-7-3-2-4-8-13)15-11-5-9-14-10-6-12-19-17(14)15/h5,9,11,13,16,18H,2-4,6-8,10,12H2,1H3. The fourth-order valence-electron chi connectivity index (χ4n) is 3.77. The first-order chi connectivity index (χ1) is 9.40. The average molecular weight is 259 g/mol. The number of benzene rings is 1. The minimum Gasteiger partial charge on any atom is -0.493 e. The first-order valence-electron chi connectivity index (χ1n) is 7.82. The van der Waals surface area contributed by atoms with Gasteiger partial charge in [-0.2, -0.15) is 0 Å². The summed E-state index contributed by atoms with van der Waals surface area (Å²) in [7, 11) is 2.10. The summed E-state index contributed by atoms with van der Waals surface area (Å²) >= 11 is 0. The molecule has 0 spiro atoms. The van der Waals surface area contributed by atoms with Crippen molar-refractivity contribution in [2.45, 2.75) is 51.0 Å². The average Bonchev–Trinajstić information content (AvgIpc) is 2.49. The molecule has 1 saturated carbocycles. The number of hydrogen-bond acceptors (Lipinski definition) is 2. The Hall–Kier alpha value is -1.02. The van der Waals surface area contributed by atoms with Crippen LogP contribution in [0.25, 0.3) is 0 Å². The lowest BCUT2D eigenvalue weighted by molar-refractivity contribution is 0.255. The maximum Gasteiger partial charge on any atom is 0.127 e. The molecule has 0 amide bonds. The number of fused-ring (bicyclic) bond motifs is 1.